The lowest BCUT2D eigenvalue weighted by molar-refractivity contribution is 0.373. The summed E-state index contributed by atoms with van der Waals surface area (Å²) in [5.74, 6) is 1.93. The van der Waals surface area contributed by atoms with Crippen LogP contribution in [-0.2, 0) is 6.54 Å². The Kier molecular flexibility index (Phi) is 4.72. The zero-order valence-corrected chi connectivity index (χ0v) is 15.7. The molecule has 4 aromatic rings. The SMILES string of the molecule is CNc1nc2cnc(Nc3ccc(OC)c(O)c3)cc2n1Cc1ccccc1. The van der Waals surface area contributed by atoms with Crippen LogP contribution in [0, 0.1) is 0 Å². The van der Waals surface area contributed by atoms with Crippen molar-refractivity contribution < 1.29 is 9.84 Å². The fourth-order valence-electron chi connectivity index (χ4n) is 3.13. The number of hydrogen-bond donors (Lipinski definition) is 3. The maximum Gasteiger partial charge on any atom is 0.203 e. The van der Waals surface area contributed by atoms with Crippen molar-refractivity contribution in [3.63, 3.8) is 0 Å². The highest BCUT2D eigenvalue weighted by Gasteiger charge is 2.12. The molecule has 0 spiro atoms. The van der Waals surface area contributed by atoms with Gasteiger partial charge in [0, 0.05) is 24.9 Å². The van der Waals surface area contributed by atoms with Gasteiger partial charge in [0.15, 0.2) is 11.5 Å². The zero-order valence-electron chi connectivity index (χ0n) is 15.7. The van der Waals surface area contributed by atoms with Gasteiger partial charge in [0.05, 0.1) is 25.4 Å². The Morgan fingerprint density at radius 3 is 2.64 bits per heavy atom. The minimum Gasteiger partial charge on any atom is -0.504 e. The van der Waals surface area contributed by atoms with Crippen LogP contribution in [0.25, 0.3) is 11.0 Å². The summed E-state index contributed by atoms with van der Waals surface area (Å²) in [5, 5.41) is 16.3. The normalized spacial score (nSPS) is 10.8. The van der Waals surface area contributed by atoms with Crippen LogP contribution in [0.2, 0.25) is 0 Å². The number of benzene rings is 2. The Bertz CT molecular complexity index is 1110. The predicted molar refractivity (Wildman–Crippen MR) is 111 cm³/mol. The monoisotopic (exact) mass is 375 g/mol. The maximum absolute atomic E-state index is 9.98. The van der Waals surface area contributed by atoms with Crippen LogP contribution in [-0.4, -0.2) is 33.8 Å². The minimum atomic E-state index is 0.0696. The van der Waals surface area contributed by atoms with Gasteiger partial charge in [-0.2, -0.15) is 0 Å². The molecule has 2 heterocycles. The van der Waals surface area contributed by atoms with Crippen LogP contribution >= 0.6 is 0 Å². The van der Waals surface area contributed by atoms with Gasteiger partial charge >= 0.3 is 0 Å². The van der Waals surface area contributed by atoms with E-state index in [2.05, 4.69) is 37.3 Å². The third-order valence-corrected chi connectivity index (χ3v) is 4.49. The number of nitrogens with zero attached hydrogens (tertiary/aromatic N) is 3. The molecule has 3 N–H and O–H groups in total. The van der Waals surface area contributed by atoms with Gasteiger partial charge < -0.3 is 25.0 Å². The van der Waals surface area contributed by atoms with E-state index in [4.69, 9.17) is 4.74 Å². The molecule has 0 aliphatic carbocycles. The topological polar surface area (TPSA) is 84.2 Å². The Morgan fingerprint density at radius 1 is 1.11 bits per heavy atom. The Balaban J connectivity index is 1.69. The van der Waals surface area contributed by atoms with Crippen molar-refractivity contribution in [2.24, 2.45) is 0 Å². The van der Waals surface area contributed by atoms with Crippen LogP contribution in [0.1, 0.15) is 5.56 Å². The van der Waals surface area contributed by atoms with E-state index in [1.807, 2.05) is 37.4 Å². The maximum atomic E-state index is 9.98. The largest absolute Gasteiger partial charge is 0.504 e. The molecule has 0 atom stereocenters. The minimum absolute atomic E-state index is 0.0696. The fraction of sp³-hybridized carbons (Fsp3) is 0.143. The lowest BCUT2D eigenvalue weighted by atomic mass is 10.2. The number of anilines is 3. The van der Waals surface area contributed by atoms with Crippen LogP contribution in [0.5, 0.6) is 11.5 Å². The average Bonchev–Trinajstić information content (AvgIpc) is 3.06. The van der Waals surface area contributed by atoms with Gasteiger partial charge in [-0.1, -0.05) is 30.3 Å². The fourth-order valence-corrected chi connectivity index (χ4v) is 3.13. The molecule has 0 saturated carbocycles. The molecular weight excluding hydrogens is 354 g/mol. The summed E-state index contributed by atoms with van der Waals surface area (Å²) in [6.07, 6.45) is 1.74. The van der Waals surface area contributed by atoms with Crippen LogP contribution in [0.15, 0.2) is 60.8 Å². The number of ether oxygens (including phenoxy) is 1. The molecule has 0 fully saturated rings. The highest BCUT2D eigenvalue weighted by atomic mass is 16.5. The van der Waals surface area contributed by atoms with Gasteiger partial charge in [0.25, 0.3) is 0 Å². The summed E-state index contributed by atoms with van der Waals surface area (Å²) in [6, 6.07) is 17.3. The molecule has 0 aliphatic heterocycles. The molecule has 0 bridgehead atoms. The molecule has 142 valence electrons. The molecule has 0 aliphatic rings. The summed E-state index contributed by atoms with van der Waals surface area (Å²) in [7, 11) is 3.38. The zero-order chi connectivity index (χ0) is 19.5. The first kappa shape index (κ1) is 17.7. The van der Waals surface area contributed by atoms with Crippen LogP contribution in [0.4, 0.5) is 17.5 Å². The van der Waals surface area contributed by atoms with Crippen molar-refractivity contribution in [3.8, 4) is 11.5 Å². The van der Waals surface area contributed by atoms with E-state index < -0.39 is 0 Å². The number of imidazole rings is 1. The summed E-state index contributed by atoms with van der Waals surface area (Å²) in [6.45, 7) is 0.695. The molecule has 2 aromatic carbocycles. The quantitative estimate of drug-likeness (QED) is 0.473. The van der Waals surface area contributed by atoms with Crippen molar-refractivity contribution in [2.75, 3.05) is 24.8 Å². The molecule has 4 rings (SSSR count). The highest BCUT2D eigenvalue weighted by Crippen LogP contribution is 2.30. The Labute approximate surface area is 162 Å². The van der Waals surface area contributed by atoms with E-state index in [1.54, 1.807) is 18.3 Å². The lowest BCUT2D eigenvalue weighted by Gasteiger charge is -2.11. The first-order chi connectivity index (χ1) is 13.7. The number of phenolic OH excluding ortho intramolecular Hbond substituents is 1. The number of fused-ring (bicyclic) bond motifs is 1. The number of rotatable bonds is 6. The second kappa shape index (κ2) is 7.48. The number of aromatic hydroxyl groups is 1. The number of hydrogen-bond acceptors (Lipinski definition) is 6. The first-order valence-electron chi connectivity index (χ1n) is 8.90. The summed E-state index contributed by atoms with van der Waals surface area (Å²) < 4.78 is 7.20. The van der Waals surface area contributed by atoms with E-state index in [0.29, 0.717) is 23.8 Å². The third kappa shape index (κ3) is 3.42. The standard InChI is InChI=1S/C21H21N5O2/c1-22-21-25-16-12-23-20(24-15-8-9-19(28-2)18(27)10-15)11-17(16)26(21)13-14-6-4-3-5-7-14/h3-12,27H,13H2,1-2H3,(H,22,25)(H,23,24). The Hall–Kier alpha value is -3.74. The second-order valence-electron chi connectivity index (χ2n) is 6.33. The number of nitrogens with one attached hydrogen (secondary N) is 2. The summed E-state index contributed by atoms with van der Waals surface area (Å²) >= 11 is 0. The van der Waals surface area contributed by atoms with Crippen molar-refractivity contribution in [1.82, 2.24) is 14.5 Å². The van der Waals surface area contributed by atoms with Gasteiger partial charge in [-0.15, -0.1) is 0 Å². The van der Waals surface area contributed by atoms with Crippen molar-refractivity contribution >= 4 is 28.5 Å². The van der Waals surface area contributed by atoms with Crippen molar-refractivity contribution in [1.29, 1.82) is 0 Å². The summed E-state index contributed by atoms with van der Waals surface area (Å²) in [4.78, 5) is 9.06. The van der Waals surface area contributed by atoms with Gasteiger partial charge in [-0.05, 0) is 17.7 Å². The molecule has 7 nitrogen and oxygen atoms in total. The van der Waals surface area contributed by atoms with Crippen molar-refractivity contribution in [2.45, 2.75) is 6.54 Å². The lowest BCUT2D eigenvalue weighted by Crippen LogP contribution is -2.05. The molecule has 0 unspecified atom stereocenters. The third-order valence-electron chi connectivity index (χ3n) is 4.49. The number of pyridine rings is 1. The van der Waals surface area contributed by atoms with Crippen LogP contribution in [0.3, 0.4) is 0 Å². The van der Waals surface area contributed by atoms with Crippen molar-refractivity contribution in [3.05, 3.63) is 66.4 Å². The molecule has 2 aromatic heterocycles. The van der Waals surface area contributed by atoms with E-state index in [1.165, 1.54) is 12.7 Å². The first-order valence-corrected chi connectivity index (χ1v) is 8.90. The van der Waals surface area contributed by atoms with E-state index in [9.17, 15) is 5.11 Å². The summed E-state index contributed by atoms with van der Waals surface area (Å²) in [5.41, 5.74) is 3.67. The van der Waals surface area contributed by atoms with Gasteiger partial charge in [-0.3, -0.25) is 0 Å². The molecule has 0 saturated heterocycles. The highest BCUT2D eigenvalue weighted by molar-refractivity contribution is 5.81. The smallest absolute Gasteiger partial charge is 0.203 e. The van der Waals surface area contributed by atoms with Crippen LogP contribution < -0.4 is 15.4 Å². The second-order valence-corrected chi connectivity index (χ2v) is 6.33. The average molecular weight is 375 g/mol. The van der Waals surface area contributed by atoms with Gasteiger partial charge in [0.1, 0.15) is 11.3 Å². The van der Waals surface area contributed by atoms with E-state index in [-0.39, 0.29) is 5.75 Å². The molecule has 0 amide bonds. The molecule has 28 heavy (non-hydrogen) atoms. The van der Waals surface area contributed by atoms with Gasteiger partial charge in [-0.25, -0.2) is 9.97 Å². The van der Waals surface area contributed by atoms with E-state index >= 15 is 0 Å². The van der Waals surface area contributed by atoms with E-state index in [0.717, 1.165) is 17.0 Å². The molecule has 7 heteroatoms. The molecular formula is C21H21N5O2. The molecule has 0 radical (unpaired) electrons. The Morgan fingerprint density at radius 2 is 1.93 bits per heavy atom. The predicted octanol–water partition coefficient (Wildman–Crippen LogP) is 3.98. The number of phenols is 1. The number of methoxy groups -OCH3 is 1. The van der Waals surface area contributed by atoms with Gasteiger partial charge in [0.2, 0.25) is 5.95 Å². The number of aromatic nitrogens is 3.